The second kappa shape index (κ2) is 6.52. The molecule has 4 nitrogen and oxygen atoms in total. The van der Waals surface area contributed by atoms with Gasteiger partial charge < -0.3 is 15.0 Å². The molecular formula is C18H20N2O2. The van der Waals surface area contributed by atoms with Gasteiger partial charge in [0.1, 0.15) is 5.75 Å². The number of benzene rings is 2. The molecule has 4 heteroatoms. The number of rotatable bonds is 4. The summed E-state index contributed by atoms with van der Waals surface area (Å²) in [7, 11) is 1.60. The van der Waals surface area contributed by atoms with Crippen LogP contribution >= 0.6 is 0 Å². The van der Waals surface area contributed by atoms with E-state index in [-0.39, 0.29) is 5.91 Å². The smallest absolute Gasteiger partial charge is 0.243 e. The lowest BCUT2D eigenvalue weighted by molar-refractivity contribution is -0.115. The molecule has 0 unspecified atom stereocenters. The van der Waals surface area contributed by atoms with Crippen LogP contribution in [0.1, 0.15) is 12.0 Å². The van der Waals surface area contributed by atoms with E-state index in [0.29, 0.717) is 18.0 Å². The minimum absolute atomic E-state index is 0.0267. The van der Waals surface area contributed by atoms with Crippen LogP contribution < -0.4 is 15.0 Å². The lowest BCUT2D eigenvalue weighted by atomic mass is 10.0. The van der Waals surface area contributed by atoms with E-state index >= 15 is 0 Å². The summed E-state index contributed by atoms with van der Waals surface area (Å²) in [6.45, 7) is 1.27. The van der Waals surface area contributed by atoms with Gasteiger partial charge >= 0.3 is 0 Å². The van der Waals surface area contributed by atoms with E-state index in [4.69, 9.17) is 4.74 Å². The zero-order valence-electron chi connectivity index (χ0n) is 12.7. The summed E-state index contributed by atoms with van der Waals surface area (Å²) in [6.07, 6.45) is 2.17. The number of para-hydroxylation sites is 3. The third-order valence-electron chi connectivity index (χ3n) is 3.92. The summed E-state index contributed by atoms with van der Waals surface area (Å²) >= 11 is 0. The van der Waals surface area contributed by atoms with Gasteiger partial charge in [-0.3, -0.25) is 4.79 Å². The zero-order valence-corrected chi connectivity index (χ0v) is 12.7. The van der Waals surface area contributed by atoms with Gasteiger partial charge in [0.2, 0.25) is 5.91 Å². The zero-order chi connectivity index (χ0) is 15.4. The molecule has 0 aromatic heterocycles. The molecule has 0 spiro atoms. The lowest BCUT2D eigenvalue weighted by Crippen LogP contribution is -2.36. The van der Waals surface area contributed by atoms with Crippen molar-refractivity contribution in [2.75, 3.05) is 30.4 Å². The van der Waals surface area contributed by atoms with Crippen molar-refractivity contribution >= 4 is 17.3 Å². The van der Waals surface area contributed by atoms with E-state index in [0.717, 1.165) is 19.4 Å². The fraction of sp³-hybridized carbons (Fsp3) is 0.278. The van der Waals surface area contributed by atoms with Crippen molar-refractivity contribution in [3.05, 3.63) is 54.1 Å². The molecule has 0 saturated heterocycles. The normalized spacial score (nSPS) is 13.4. The maximum atomic E-state index is 12.4. The van der Waals surface area contributed by atoms with Crippen LogP contribution in [0.3, 0.4) is 0 Å². The van der Waals surface area contributed by atoms with Gasteiger partial charge in [0.15, 0.2) is 0 Å². The number of nitrogens with one attached hydrogen (secondary N) is 1. The van der Waals surface area contributed by atoms with E-state index in [1.807, 2.05) is 30.3 Å². The average Bonchev–Trinajstić information content (AvgIpc) is 2.55. The fourth-order valence-corrected chi connectivity index (χ4v) is 2.89. The van der Waals surface area contributed by atoms with Crippen molar-refractivity contribution in [3.63, 3.8) is 0 Å². The highest BCUT2D eigenvalue weighted by Crippen LogP contribution is 2.27. The summed E-state index contributed by atoms with van der Waals surface area (Å²) in [5, 5.41) is 2.93. The van der Waals surface area contributed by atoms with Crippen LogP contribution in [-0.4, -0.2) is 26.1 Å². The number of methoxy groups -OCH3 is 1. The minimum Gasteiger partial charge on any atom is -0.495 e. The molecule has 3 rings (SSSR count). The highest BCUT2D eigenvalue weighted by molar-refractivity contribution is 5.95. The second-order valence-electron chi connectivity index (χ2n) is 5.40. The van der Waals surface area contributed by atoms with Gasteiger partial charge in [0.25, 0.3) is 0 Å². The van der Waals surface area contributed by atoms with Gasteiger partial charge in [0.05, 0.1) is 19.3 Å². The minimum atomic E-state index is -0.0267. The Kier molecular flexibility index (Phi) is 4.28. The summed E-state index contributed by atoms with van der Waals surface area (Å²) in [5.41, 5.74) is 3.20. The molecule has 0 atom stereocenters. The molecule has 0 saturated carbocycles. The van der Waals surface area contributed by atoms with Crippen molar-refractivity contribution in [1.82, 2.24) is 0 Å². The van der Waals surface area contributed by atoms with Crippen LogP contribution in [0.4, 0.5) is 11.4 Å². The van der Waals surface area contributed by atoms with E-state index < -0.39 is 0 Å². The fourth-order valence-electron chi connectivity index (χ4n) is 2.89. The Labute approximate surface area is 130 Å². The number of carbonyl (C=O) groups excluding carboxylic acids is 1. The standard InChI is InChI=1S/C18H20N2O2/c1-22-17-11-5-3-9-15(17)19-18(21)13-20-12-6-8-14-7-2-4-10-16(14)20/h2-5,7,9-11H,6,8,12-13H2,1H3,(H,19,21). The molecule has 1 aliphatic rings. The topological polar surface area (TPSA) is 41.6 Å². The molecule has 114 valence electrons. The third-order valence-corrected chi connectivity index (χ3v) is 3.92. The quantitative estimate of drug-likeness (QED) is 0.942. The largest absolute Gasteiger partial charge is 0.495 e. The van der Waals surface area contributed by atoms with Crippen LogP contribution in [0.25, 0.3) is 0 Å². The number of hydrogen-bond donors (Lipinski definition) is 1. The van der Waals surface area contributed by atoms with E-state index in [1.165, 1.54) is 11.3 Å². The van der Waals surface area contributed by atoms with E-state index in [9.17, 15) is 4.79 Å². The van der Waals surface area contributed by atoms with Gasteiger partial charge in [-0.1, -0.05) is 30.3 Å². The SMILES string of the molecule is COc1ccccc1NC(=O)CN1CCCc2ccccc21. The van der Waals surface area contributed by atoms with Crippen molar-refractivity contribution in [2.24, 2.45) is 0 Å². The predicted molar refractivity (Wildman–Crippen MR) is 88.6 cm³/mol. The summed E-state index contributed by atoms with van der Waals surface area (Å²) < 4.78 is 5.26. The molecule has 0 fully saturated rings. The Bertz CT molecular complexity index is 670. The van der Waals surface area contributed by atoms with Gasteiger partial charge in [-0.25, -0.2) is 0 Å². The number of anilines is 2. The van der Waals surface area contributed by atoms with Crippen molar-refractivity contribution in [1.29, 1.82) is 0 Å². The molecule has 1 N–H and O–H groups in total. The van der Waals surface area contributed by atoms with Gasteiger partial charge in [-0.15, -0.1) is 0 Å². The Morgan fingerprint density at radius 3 is 2.82 bits per heavy atom. The van der Waals surface area contributed by atoms with E-state index in [1.54, 1.807) is 7.11 Å². The molecule has 1 aliphatic heterocycles. The first-order chi connectivity index (χ1) is 10.8. The number of carbonyl (C=O) groups is 1. The van der Waals surface area contributed by atoms with Gasteiger partial charge in [-0.2, -0.15) is 0 Å². The van der Waals surface area contributed by atoms with E-state index in [2.05, 4.69) is 28.4 Å². The number of hydrogen-bond acceptors (Lipinski definition) is 3. The Balaban J connectivity index is 1.70. The molecule has 0 radical (unpaired) electrons. The maximum Gasteiger partial charge on any atom is 0.243 e. The van der Waals surface area contributed by atoms with Crippen LogP contribution in [0.15, 0.2) is 48.5 Å². The van der Waals surface area contributed by atoms with Gasteiger partial charge in [-0.05, 0) is 36.6 Å². The first kappa shape index (κ1) is 14.4. The monoisotopic (exact) mass is 296 g/mol. The van der Waals surface area contributed by atoms with Crippen molar-refractivity contribution in [2.45, 2.75) is 12.8 Å². The highest BCUT2D eigenvalue weighted by Gasteiger charge is 2.19. The molecule has 1 amide bonds. The molecule has 0 aliphatic carbocycles. The van der Waals surface area contributed by atoms with Crippen LogP contribution in [0.5, 0.6) is 5.75 Å². The second-order valence-corrected chi connectivity index (χ2v) is 5.40. The first-order valence-electron chi connectivity index (χ1n) is 7.53. The molecule has 2 aromatic rings. The Hall–Kier alpha value is -2.49. The van der Waals surface area contributed by atoms with Crippen LogP contribution in [0.2, 0.25) is 0 Å². The summed E-state index contributed by atoms with van der Waals surface area (Å²) in [6, 6.07) is 15.8. The molecular weight excluding hydrogens is 276 g/mol. The average molecular weight is 296 g/mol. The number of fused-ring (bicyclic) bond motifs is 1. The van der Waals surface area contributed by atoms with Gasteiger partial charge in [0, 0.05) is 12.2 Å². The van der Waals surface area contributed by atoms with Crippen LogP contribution in [-0.2, 0) is 11.2 Å². The number of amides is 1. The van der Waals surface area contributed by atoms with Crippen molar-refractivity contribution in [3.8, 4) is 5.75 Å². The number of aryl methyl sites for hydroxylation is 1. The Morgan fingerprint density at radius 2 is 1.95 bits per heavy atom. The predicted octanol–water partition coefficient (Wildman–Crippen LogP) is 3.09. The molecule has 0 bridgehead atoms. The molecule has 2 aromatic carbocycles. The first-order valence-corrected chi connectivity index (χ1v) is 7.53. The number of ether oxygens (including phenoxy) is 1. The highest BCUT2D eigenvalue weighted by atomic mass is 16.5. The van der Waals surface area contributed by atoms with Crippen molar-refractivity contribution < 1.29 is 9.53 Å². The molecule has 22 heavy (non-hydrogen) atoms. The third kappa shape index (κ3) is 3.06. The Morgan fingerprint density at radius 1 is 1.18 bits per heavy atom. The van der Waals surface area contributed by atoms with Crippen LogP contribution in [0, 0.1) is 0 Å². The maximum absolute atomic E-state index is 12.4. The molecule has 1 heterocycles. The lowest BCUT2D eigenvalue weighted by Gasteiger charge is -2.30. The summed E-state index contributed by atoms with van der Waals surface area (Å²) in [4.78, 5) is 14.5. The summed E-state index contributed by atoms with van der Waals surface area (Å²) in [5.74, 6) is 0.649. The number of nitrogens with zero attached hydrogens (tertiary/aromatic N) is 1.